The number of aromatic amines is 1. The molecule has 3 heterocycles. The van der Waals surface area contributed by atoms with Crippen molar-refractivity contribution in [1.29, 1.82) is 0 Å². The number of imidazole rings is 1. The molecule has 178 valence electrons. The van der Waals surface area contributed by atoms with E-state index in [1.54, 1.807) is 30.7 Å². The lowest BCUT2D eigenvalue weighted by Gasteiger charge is -2.12. The lowest BCUT2D eigenvalue weighted by atomic mass is 10.1. The molecular formula is C23H17ClF3N7O. The summed E-state index contributed by atoms with van der Waals surface area (Å²) in [7, 11) is 0. The van der Waals surface area contributed by atoms with E-state index in [4.69, 9.17) is 11.6 Å². The largest absolute Gasteiger partial charge is 0.416 e. The third kappa shape index (κ3) is 4.62. The fraction of sp³-hybridized carbons (Fsp3) is 0.130. The summed E-state index contributed by atoms with van der Waals surface area (Å²) in [6.07, 6.45) is 0.437. The van der Waals surface area contributed by atoms with Crippen molar-refractivity contribution in [2.75, 3.05) is 5.32 Å². The molecule has 0 bridgehead atoms. The van der Waals surface area contributed by atoms with Gasteiger partial charge in [0, 0.05) is 23.0 Å². The van der Waals surface area contributed by atoms with Crippen LogP contribution in [-0.4, -0.2) is 29.4 Å². The van der Waals surface area contributed by atoms with Crippen LogP contribution in [-0.2, 0) is 19.3 Å². The van der Waals surface area contributed by atoms with Crippen LogP contribution in [0.15, 0.2) is 71.9 Å². The summed E-state index contributed by atoms with van der Waals surface area (Å²) in [6, 6.07) is 11.7. The number of aromatic nitrogens is 6. The molecule has 12 heteroatoms. The molecule has 0 fully saturated rings. The molecule has 0 unspecified atom stereocenters. The van der Waals surface area contributed by atoms with Crippen LogP contribution in [0.1, 0.15) is 17.0 Å². The van der Waals surface area contributed by atoms with Gasteiger partial charge >= 0.3 is 11.9 Å². The Morgan fingerprint density at radius 2 is 1.80 bits per heavy atom. The van der Waals surface area contributed by atoms with Crippen LogP contribution in [0, 0.1) is 0 Å². The number of fused-ring (bicyclic) bond motifs is 1. The molecule has 0 aliphatic carbocycles. The Bertz CT molecular complexity index is 1520. The van der Waals surface area contributed by atoms with E-state index in [1.165, 1.54) is 12.1 Å². The topological polar surface area (TPSA) is 92.9 Å². The molecule has 0 aliphatic rings. The molecule has 0 aliphatic heterocycles. The molecule has 0 radical (unpaired) electrons. The number of alkyl halides is 3. The number of rotatable bonds is 6. The van der Waals surface area contributed by atoms with E-state index in [2.05, 4.69) is 25.5 Å². The van der Waals surface area contributed by atoms with E-state index in [1.807, 2.05) is 12.1 Å². The molecule has 3 aromatic heterocycles. The van der Waals surface area contributed by atoms with Crippen molar-refractivity contribution < 1.29 is 13.2 Å². The second-order valence-electron chi connectivity index (χ2n) is 7.70. The highest BCUT2D eigenvalue weighted by atomic mass is 35.5. The predicted molar refractivity (Wildman–Crippen MR) is 124 cm³/mol. The molecular weight excluding hydrogens is 483 g/mol. The average Bonchev–Trinajstić information content (AvgIpc) is 3.46. The Labute approximate surface area is 201 Å². The maximum atomic E-state index is 13.0. The summed E-state index contributed by atoms with van der Waals surface area (Å²) in [5.74, 6) is 0.675. The number of nitrogens with zero attached hydrogens (tertiary/aromatic N) is 5. The number of H-pyrrole nitrogens is 1. The van der Waals surface area contributed by atoms with E-state index < -0.39 is 17.4 Å². The Morgan fingerprint density at radius 3 is 2.46 bits per heavy atom. The molecule has 0 spiro atoms. The van der Waals surface area contributed by atoms with Crippen LogP contribution >= 0.6 is 11.6 Å². The van der Waals surface area contributed by atoms with Gasteiger partial charge in [0.05, 0.1) is 30.5 Å². The van der Waals surface area contributed by atoms with Crippen molar-refractivity contribution in [2.45, 2.75) is 19.3 Å². The minimum Gasteiger partial charge on any atom is -0.374 e. The van der Waals surface area contributed by atoms with Gasteiger partial charge in [-0.05, 0) is 35.4 Å². The standard InChI is InChI=1S/C23H17ClF3N7O/c24-17-7-3-15(4-8-17)18-11-31-34-21(20(18)30-12-19-28-9-10-29-19)32-33(22(34)35)13-14-1-5-16(6-2-14)23(25,26)27/h1-11,30H,12-13H2,(H,28,29). The minimum atomic E-state index is -4.44. The highest BCUT2D eigenvalue weighted by Crippen LogP contribution is 2.31. The fourth-order valence-corrected chi connectivity index (χ4v) is 3.75. The van der Waals surface area contributed by atoms with Crippen molar-refractivity contribution >= 4 is 22.9 Å². The average molecular weight is 500 g/mol. The quantitative estimate of drug-likeness (QED) is 0.356. The van der Waals surface area contributed by atoms with Crippen LogP contribution in [0.25, 0.3) is 16.8 Å². The Hall–Kier alpha value is -4.12. The van der Waals surface area contributed by atoms with Gasteiger partial charge in [0.1, 0.15) is 5.82 Å². The lowest BCUT2D eigenvalue weighted by Crippen LogP contribution is -2.23. The Morgan fingerprint density at radius 1 is 1.06 bits per heavy atom. The molecule has 0 saturated heterocycles. The van der Waals surface area contributed by atoms with E-state index in [-0.39, 0.29) is 12.2 Å². The number of benzene rings is 2. The molecule has 0 amide bonds. The highest BCUT2D eigenvalue weighted by Gasteiger charge is 2.30. The molecule has 0 atom stereocenters. The maximum absolute atomic E-state index is 13.0. The zero-order chi connectivity index (χ0) is 24.6. The minimum absolute atomic E-state index is 0.0196. The lowest BCUT2D eigenvalue weighted by molar-refractivity contribution is -0.137. The normalized spacial score (nSPS) is 11.8. The Balaban J connectivity index is 1.56. The number of anilines is 1. The van der Waals surface area contributed by atoms with Gasteiger partial charge in [-0.1, -0.05) is 35.9 Å². The summed E-state index contributed by atoms with van der Waals surface area (Å²) in [5, 5.41) is 12.6. The molecule has 2 N–H and O–H groups in total. The van der Waals surface area contributed by atoms with Crippen molar-refractivity contribution in [3.63, 3.8) is 0 Å². The zero-order valence-corrected chi connectivity index (χ0v) is 18.7. The molecule has 2 aromatic carbocycles. The summed E-state index contributed by atoms with van der Waals surface area (Å²) < 4.78 is 40.9. The number of nitrogens with one attached hydrogen (secondary N) is 2. The van der Waals surface area contributed by atoms with Crippen LogP contribution < -0.4 is 11.0 Å². The summed E-state index contributed by atoms with van der Waals surface area (Å²) >= 11 is 6.03. The number of hydrogen-bond donors (Lipinski definition) is 2. The number of hydrogen-bond acceptors (Lipinski definition) is 5. The van der Waals surface area contributed by atoms with E-state index in [9.17, 15) is 18.0 Å². The Kier molecular flexibility index (Phi) is 5.77. The van der Waals surface area contributed by atoms with Crippen molar-refractivity contribution in [3.05, 3.63) is 99.6 Å². The van der Waals surface area contributed by atoms with Gasteiger partial charge in [-0.3, -0.25) is 0 Å². The van der Waals surface area contributed by atoms with Crippen LogP contribution in [0.5, 0.6) is 0 Å². The molecule has 8 nitrogen and oxygen atoms in total. The molecule has 35 heavy (non-hydrogen) atoms. The SMILES string of the molecule is O=c1n(Cc2ccc(C(F)(F)F)cc2)nc2c(NCc3ncc[nH]3)c(-c3ccc(Cl)cc3)cnn12. The van der Waals surface area contributed by atoms with Crippen LogP contribution in [0.4, 0.5) is 18.9 Å². The van der Waals surface area contributed by atoms with Crippen molar-refractivity contribution in [1.82, 2.24) is 29.4 Å². The first-order valence-corrected chi connectivity index (χ1v) is 10.8. The summed E-state index contributed by atoms with van der Waals surface area (Å²) in [5.41, 5.74) is 1.50. The molecule has 5 aromatic rings. The fourth-order valence-electron chi connectivity index (χ4n) is 3.62. The molecule has 5 rings (SSSR count). The van der Waals surface area contributed by atoms with Gasteiger partial charge in [0.2, 0.25) is 5.65 Å². The first-order valence-electron chi connectivity index (χ1n) is 10.4. The van der Waals surface area contributed by atoms with Gasteiger partial charge in [0.25, 0.3) is 0 Å². The van der Waals surface area contributed by atoms with Gasteiger partial charge < -0.3 is 10.3 Å². The second-order valence-corrected chi connectivity index (χ2v) is 8.14. The van der Waals surface area contributed by atoms with Crippen LogP contribution in [0.3, 0.4) is 0 Å². The highest BCUT2D eigenvalue weighted by molar-refractivity contribution is 6.30. The first-order chi connectivity index (χ1) is 16.8. The monoisotopic (exact) mass is 499 g/mol. The predicted octanol–water partition coefficient (Wildman–Crippen LogP) is 4.61. The van der Waals surface area contributed by atoms with E-state index >= 15 is 0 Å². The smallest absolute Gasteiger partial charge is 0.374 e. The van der Waals surface area contributed by atoms with Crippen LogP contribution in [0.2, 0.25) is 5.02 Å². The number of halogens is 4. The van der Waals surface area contributed by atoms with Gasteiger partial charge in [-0.25, -0.2) is 14.5 Å². The van der Waals surface area contributed by atoms with E-state index in [0.717, 1.165) is 26.9 Å². The second kappa shape index (κ2) is 8.91. The molecule has 0 saturated carbocycles. The van der Waals surface area contributed by atoms with Gasteiger partial charge in [-0.2, -0.15) is 22.8 Å². The van der Waals surface area contributed by atoms with Gasteiger partial charge in [0.15, 0.2) is 0 Å². The third-order valence-electron chi connectivity index (χ3n) is 5.37. The van der Waals surface area contributed by atoms with E-state index in [0.29, 0.717) is 34.2 Å². The van der Waals surface area contributed by atoms with Crippen molar-refractivity contribution in [3.8, 4) is 11.1 Å². The zero-order valence-electron chi connectivity index (χ0n) is 17.9. The van der Waals surface area contributed by atoms with Gasteiger partial charge in [-0.15, -0.1) is 5.10 Å². The first kappa shape index (κ1) is 22.7. The third-order valence-corrected chi connectivity index (χ3v) is 5.62. The summed E-state index contributed by atoms with van der Waals surface area (Å²) in [4.78, 5) is 20.2. The maximum Gasteiger partial charge on any atom is 0.416 e. The summed E-state index contributed by atoms with van der Waals surface area (Å²) in [6.45, 7) is 0.307. The van der Waals surface area contributed by atoms with Crippen molar-refractivity contribution in [2.24, 2.45) is 0 Å².